The Kier molecular flexibility index (Phi) is 11.8. The van der Waals surface area contributed by atoms with Crippen LogP contribution in [0.3, 0.4) is 0 Å². The Hall–Kier alpha value is -3.67. The predicted molar refractivity (Wildman–Crippen MR) is 157 cm³/mol. The standard InChI is InChI=1S/C31H42F2N6O6/c1-20(2)35-7-9-45-11-10-44-8-6-27(40)36-16-21-4-3-5-22-17-38(18-25(21)22)28(41)13-23-12-26(37-29(23)42)30(43)39-19-31(32,33)14-24(39)15-34/h3-5,20,23-24,26,35H,6-14,16-19H2,1-2H3,(H,36,40)(H,37,42)/t23-,24-,26-/m0/s1. The molecular weight excluding hydrogens is 590 g/mol. The van der Waals surface area contributed by atoms with Gasteiger partial charge in [0.25, 0.3) is 5.92 Å². The summed E-state index contributed by atoms with van der Waals surface area (Å²) in [6.07, 6.45) is -0.666. The number of nitriles is 1. The lowest BCUT2D eigenvalue weighted by Gasteiger charge is -2.22. The third-order valence-corrected chi connectivity index (χ3v) is 8.18. The first-order valence-electron chi connectivity index (χ1n) is 15.4. The van der Waals surface area contributed by atoms with Gasteiger partial charge in [-0.3, -0.25) is 19.2 Å². The van der Waals surface area contributed by atoms with E-state index in [-0.39, 0.29) is 37.7 Å². The number of alkyl halides is 2. The summed E-state index contributed by atoms with van der Waals surface area (Å²) in [5.41, 5.74) is 2.77. The van der Waals surface area contributed by atoms with Gasteiger partial charge < -0.3 is 35.2 Å². The number of halogens is 2. The molecular formula is C31H42F2N6O6. The molecule has 0 aliphatic carbocycles. The molecule has 0 saturated carbocycles. The van der Waals surface area contributed by atoms with Crippen molar-refractivity contribution >= 4 is 23.6 Å². The monoisotopic (exact) mass is 632 g/mol. The van der Waals surface area contributed by atoms with E-state index in [1.807, 2.05) is 18.2 Å². The smallest absolute Gasteiger partial charge is 0.268 e. The highest BCUT2D eigenvalue weighted by molar-refractivity contribution is 5.94. The van der Waals surface area contributed by atoms with E-state index < -0.39 is 48.7 Å². The lowest BCUT2D eigenvalue weighted by molar-refractivity contribution is -0.135. The highest BCUT2D eigenvalue weighted by Crippen LogP contribution is 2.34. The highest BCUT2D eigenvalue weighted by Gasteiger charge is 2.50. The van der Waals surface area contributed by atoms with Crippen LogP contribution in [0, 0.1) is 17.2 Å². The summed E-state index contributed by atoms with van der Waals surface area (Å²) in [6, 6.07) is 5.51. The van der Waals surface area contributed by atoms with Gasteiger partial charge in [0.15, 0.2) is 0 Å². The quantitative estimate of drug-likeness (QED) is 0.244. The van der Waals surface area contributed by atoms with Gasteiger partial charge in [0, 0.05) is 57.4 Å². The fourth-order valence-corrected chi connectivity index (χ4v) is 5.80. The first-order chi connectivity index (χ1) is 21.5. The normalized spacial score (nSPS) is 22.0. The maximum atomic E-state index is 13.8. The third kappa shape index (κ3) is 9.42. The number of fused-ring (bicyclic) bond motifs is 1. The molecule has 0 spiro atoms. The number of rotatable bonds is 15. The van der Waals surface area contributed by atoms with Crippen molar-refractivity contribution < 1.29 is 37.4 Å². The number of ether oxygens (including phenoxy) is 2. The van der Waals surface area contributed by atoms with Crippen LogP contribution >= 0.6 is 0 Å². The van der Waals surface area contributed by atoms with Crippen molar-refractivity contribution in [2.45, 2.75) is 83.2 Å². The van der Waals surface area contributed by atoms with Crippen molar-refractivity contribution in [3.05, 3.63) is 34.9 Å². The molecule has 4 rings (SSSR count). The minimum Gasteiger partial charge on any atom is -0.379 e. The lowest BCUT2D eigenvalue weighted by atomic mass is 9.99. The van der Waals surface area contributed by atoms with Gasteiger partial charge in [-0.15, -0.1) is 0 Å². The molecule has 3 aliphatic heterocycles. The number of nitrogens with one attached hydrogen (secondary N) is 3. The summed E-state index contributed by atoms with van der Waals surface area (Å²) >= 11 is 0. The van der Waals surface area contributed by atoms with Gasteiger partial charge in [0.1, 0.15) is 12.1 Å². The van der Waals surface area contributed by atoms with Crippen LogP contribution < -0.4 is 16.0 Å². The summed E-state index contributed by atoms with van der Waals surface area (Å²) in [4.78, 5) is 53.5. The van der Waals surface area contributed by atoms with E-state index in [1.54, 1.807) is 11.0 Å². The second-order valence-corrected chi connectivity index (χ2v) is 12.0. The maximum Gasteiger partial charge on any atom is 0.268 e. The van der Waals surface area contributed by atoms with E-state index in [4.69, 9.17) is 9.47 Å². The summed E-state index contributed by atoms with van der Waals surface area (Å²) in [6.45, 7) is 6.74. The Morgan fingerprint density at radius 1 is 1.16 bits per heavy atom. The number of carbonyl (C=O) groups is 4. The molecule has 45 heavy (non-hydrogen) atoms. The highest BCUT2D eigenvalue weighted by atomic mass is 19.3. The number of hydrogen-bond donors (Lipinski definition) is 3. The minimum atomic E-state index is -3.16. The zero-order valence-corrected chi connectivity index (χ0v) is 25.8. The molecule has 1 aromatic carbocycles. The number of likely N-dealkylation sites (tertiary alicyclic amines) is 1. The van der Waals surface area contributed by atoms with Gasteiger partial charge in [0.2, 0.25) is 23.6 Å². The van der Waals surface area contributed by atoms with Crippen LogP contribution in [0.1, 0.15) is 56.2 Å². The van der Waals surface area contributed by atoms with Crippen molar-refractivity contribution in [2.24, 2.45) is 5.92 Å². The Morgan fingerprint density at radius 2 is 1.91 bits per heavy atom. The van der Waals surface area contributed by atoms with Crippen molar-refractivity contribution in [2.75, 3.05) is 39.5 Å². The lowest BCUT2D eigenvalue weighted by Crippen LogP contribution is -2.46. The van der Waals surface area contributed by atoms with Crippen LogP contribution in [0.15, 0.2) is 18.2 Å². The first-order valence-corrected chi connectivity index (χ1v) is 15.4. The third-order valence-electron chi connectivity index (χ3n) is 8.18. The summed E-state index contributed by atoms with van der Waals surface area (Å²) in [5.74, 6) is -5.59. The molecule has 2 saturated heterocycles. The molecule has 12 nitrogen and oxygen atoms in total. The molecule has 0 unspecified atom stereocenters. The Morgan fingerprint density at radius 3 is 2.64 bits per heavy atom. The topological polar surface area (TPSA) is 153 Å². The van der Waals surface area contributed by atoms with Crippen LogP contribution in [0.5, 0.6) is 0 Å². The average Bonchev–Trinajstić information content (AvgIpc) is 3.69. The minimum absolute atomic E-state index is 0.00574. The summed E-state index contributed by atoms with van der Waals surface area (Å²) in [5, 5.41) is 17.9. The van der Waals surface area contributed by atoms with E-state index in [2.05, 4.69) is 29.8 Å². The molecule has 3 aliphatic rings. The van der Waals surface area contributed by atoms with Crippen LogP contribution in [0.4, 0.5) is 8.78 Å². The predicted octanol–water partition coefficient (Wildman–Crippen LogP) is 1.22. The number of benzene rings is 1. The van der Waals surface area contributed by atoms with Gasteiger partial charge in [-0.25, -0.2) is 8.78 Å². The average molecular weight is 633 g/mol. The zero-order chi connectivity index (χ0) is 32.6. The summed E-state index contributed by atoms with van der Waals surface area (Å²) in [7, 11) is 0. The van der Waals surface area contributed by atoms with Crippen LogP contribution in [-0.4, -0.2) is 97.0 Å². The first kappa shape index (κ1) is 34.2. The van der Waals surface area contributed by atoms with Gasteiger partial charge in [-0.2, -0.15) is 5.26 Å². The van der Waals surface area contributed by atoms with E-state index in [1.165, 1.54) is 0 Å². The van der Waals surface area contributed by atoms with E-state index >= 15 is 0 Å². The van der Waals surface area contributed by atoms with Gasteiger partial charge in [0.05, 0.1) is 39.0 Å². The Labute approximate surface area is 261 Å². The fraction of sp³-hybridized carbons (Fsp3) is 0.645. The van der Waals surface area contributed by atoms with Crippen molar-refractivity contribution in [1.82, 2.24) is 25.8 Å². The second-order valence-electron chi connectivity index (χ2n) is 12.0. The zero-order valence-electron chi connectivity index (χ0n) is 25.8. The number of carbonyl (C=O) groups excluding carboxylic acids is 4. The molecule has 3 N–H and O–H groups in total. The van der Waals surface area contributed by atoms with Gasteiger partial charge >= 0.3 is 0 Å². The van der Waals surface area contributed by atoms with Crippen LogP contribution in [0.25, 0.3) is 0 Å². The Balaban J connectivity index is 1.18. The maximum absolute atomic E-state index is 13.8. The fourth-order valence-electron chi connectivity index (χ4n) is 5.80. The Bertz CT molecular complexity index is 1290. The van der Waals surface area contributed by atoms with E-state index in [0.29, 0.717) is 45.5 Å². The molecule has 14 heteroatoms. The van der Waals surface area contributed by atoms with Crippen molar-refractivity contribution in [3.63, 3.8) is 0 Å². The number of hydrogen-bond acceptors (Lipinski definition) is 8. The van der Waals surface area contributed by atoms with Gasteiger partial charge in [-0.05, 0) is 23.1 Å². The molecule has 1 aromatic rings. The van der Waals surface area contributed by atoms with Crippen LogP contribution in [0.2, 0.25) is 0 Å². The van der Waals surface area contributed by atoms with Crippen molar-refractivity contribution in [3.8, 4) is 6.07 Å². The molecule has 3 heterocycles. The van der Waals surface area contributed by atoms with Crippen molar-refractivity contribution in [1.29, 1.82) is 5.26 Å². The SMILES string of the molecule is CC(C)NCCOCCOCCC(=O)NCc1cccc2c1CN(C(=O)C[C@@H]1C[C@@H](C(=O)N3CC(F)(F)C[C@H]3C#N)NC1=O)C2. The van der Waals surface area contributed by atoms with E-state index in [0.717, 1.165) is 28.1 Å². The molecule has 0 aromatic heterocycles. The molecule has 246 valence electrons. The van der Waals surface area contributed by atoms with Gasteiger partial charge in [-0.1, -0.05) is 32.0 Å². The summed E-state index contributed by atoms with van der Waals surface area (Å²) < 4.78 is 38.6. The van der Waals surface area contributed by atoms with Crippen LogP contribution in [-0.2, 0) is 48.3 Å². The molecule has 4 amide bonds. The number of amides is 4. The molecule has 3 atom stereocenters. The second kappa shape index (κ2) is 15.6. The molecule has 0 bridgehead atoms. The van der Waals surface area contributed by atoms with E-state index in [9.17, 15) is 33.2 Å². The molecule has 2 fully saturated rings. The largest absolute Gasteiger partial charge is 0.379 e. The molecule has 0 radical (unpaired) electrons. The number of nitrogens with zero attached hydrogens (tertiary/aromatic N) is 3.